The molecule has 0 aliphatic heterocycles. The predicted octanol–water partition coefficient (Wildman–Crippen LogP) is 3.84. The quantitative estimate of drug-likeness (QED) is 0.423. The van der Waals surface area contributed by atoms with Crippen molar-refractivity contribution in [2.45, 2.75) is 0 Å². The van der Waals surface area contributed by atoms with E-state index in [1.165, 1.54) is 0 Å². The van der Waals surface area contributed by atoms with E-state index in [-0.39, 0.29) is 5.43 Å². The van der Waals surface area contributed by atoms with Crippen LogP contribution < -0.4 is 10.2 Å². The molecule has 102 valence electrons. The van der Waals surface area contributed by atoms with Crippen LogP contribution in [0.4, 0.5) is 0 Å². The number of hydrogen-bond acceptors (Lipinski definition) is 2. The normalized spacial score (nSPS) is 11.3. The van der Waals surface area contributed by atoms with Gasteiger partial charge in [0.1, 0.15) is 5.75 Å². The molecular formula is C18H13NO2. The fourth-order valence-electron chi connectivity index (χ4n) is 2.85. The Morgan fingerprint density at radius 1 is 0.905 bits per heavy atom. The maximum absolute atomic E-state index is 12.8. The van der Waals surface area contributed by atoms with Gasteiger partial charge in [-0.1, -0.05) is 30.3 Å². The number of benzene rings is 3. The summed E-state index contributed by atoms with van der Waals surface area (Å²) in [4.78, 5) is 16.2. The first-order valence-corrected chi connectivity index (χ1v) is 6.79. The third-order valence-electron chi connectivity index (χ3n) is 3.90. The highest BCUT2D eigenvalue weighted by molar-refractivity contribution is 6.09. The first-order chi connectivity index (χ1) is 10.3. The minimum atomic E-state index is 0.0539. The molecule has 21 heavy (non-hydrogen) atoms. The zero-order valence-electron chi connectivity index (χ0n) is 11.5. The van der Waals surface area contributed by atoms with Crippen LogP contribution in [0.15, 0.2) is 59.4 Å². The number of methoxy groups -OCH3 is 1. The first kappa shape index (κ1) is 12.0. The zero-order valence-corrected chi connectivity index (χ0v) is 11.5. The molecule has 0 aliphatic rings. The molecule has 0 radical (unpaired) electrons. The van der Waals surface area contributed by atoms with Gasteiger partial charge in [0.05, 0.1) is 23.5 Å². The van der Waals surface area contributed by atoms with Crippen molar-refractivity contribution >= 4 is 32.6 Å². The molecule has 0 aliphatic carbocycles. The monoisotopic (exact) mass is 275 g/mol. The topological polar surface area (TPSA) is 42.1 Å². The maximum atomic E-state index is 12.8. The lowest BCUT2D eigenvalue weighted by atomic mass is 10.0. The van der Waals surface area contributed by atoms with Gasteiger partial charge in [0.2, 0.25) is 0 Å². The Hall–Kier alpha value is -2.81. The van der Waals surface area contributed by atoms with Crippen LogP contribution in [0.5, 0.6) is 5.75 Å². The summed E-state index contributed by atoms with van der Waals surface area (Å²) in [5, 5.41) is 3.47. The van der Waals surface area contributed by atoms with Crippen LogP contribution in [0.25, 0.3) is 32.6 Å². The summed E-state index contributed by atoms with van der Waals surface area (Å²) in [5.74, 6) is 0.735. The number of H-pyrrole nitrogens is 1. The fourth-order valence-corrected chi connectivity index (χ4v) is 2.85. The molecule has 1 aromatic heterocycles. The van der Waals surface area contributed by atoms with E-state index in [1.54, 1.807) is 7.11 Å². The number of rotatable bonds is 1. The number of fused-ring (bicyclic) bond motifs is 4. The van der Waals surface area contributed by atoms with Crippen molar-refractivity contribution in [1.82, 2.24) is 4.98 Å². The van der Waals surface area contributed by atoms with E-state index in [2.05, 4.69) is 4.98 Å². The Balaban J connectivity index is 2.25. The van der Waals surface area contributed by atoms with Gasteiger partial charge in [-0.2, -0.15) is 0 Å². The van der Waals surface area contributed by atoms with Crippen molar-refractivity contribution < 1.29 is 4.74 Å². The van der Waals surface area contributed by atoms with Crippen molar-refractivity contribution in [3.63, 3.8) is 0 Å². The fraction of sp³-hybridized carbons (Fsp3) is 0.0556. The van der Waals surface area contributed by atoms with Gasteiger partial charge in [-0.15, -0.1) is 0 Å². The average molecular weight is 275 g/mol. The Morgan fingerprint density at radius 3 is 2.62 bits per heavy atom. The van der Waals surface area contributed by atoms with E-state index in [9.17, 15) is 4.79 Å². The van der Waals surface area contributed by atoms with Crippen LogP contribution in [0.1, 0.15) is 0 Å². The molecule has 0 unspecified atom stereocenters. The summed E-state index contributed by atoms with van der Waals surface area (Å²) in [6.07, 6.45) is 0. The van der Waals surface area contributed by atoms with Crippen molar-refractivity contribution in [3.05, 3.63) is 64.8 Å². The van der Waals surface area contributed by atoms with Crippen molar-refractivity contribution in [2.75, 3.05) is 7.11 Å². The molecule has 4 rings (SSSR count). The van der Waals surface area contributed by atoms with Crippen molar-refractivity contribution in [3.8, 4) is 5.75 Å². The second-order valence-electron chi connectivity index (χ2n) is 5.07. The summed E-state index contributed by atoms with van der Waals surface area (Å²) in [7, 11) is 1.62. The number of aromatic nitrogens is 1. The minimum absolute atomic E-state index is 0.0539. The average Bonchev–Trinajstić information content (AvgIpc) is 2.54. The molecular weight excluding hydrogens is 262 g/mol. The van der Waals surface area contributed by atoms with Gasteiger partial charge in [-0.25, -0.2) is 0 Å². The Bertz CT molecular complexity index is 1050. The molecule has 3 nitrogen and oxygen atoms in total. The number of ether oxygens (including phenoxy) is 1. The molecule has 3 aromatic carbocycles. The van der Waals surface area contributed by atoms with Crippen molar-refractivity contribution in [1.29, 1.82) is 0 Å². The highest BCUT2D eigenvalue weighted by Gasteiger charge is 2.09. The second kappa shape index (κ2) is 4.35. The molecule has 0 atom stereocenters. The van der Waals surface area contributed by atoms with Gasteiger partial charge in [0.25, 0.3) is 0 Å². The lowest BCUT2D eigenvalue weighted by molar-refractivity contribution is 0.415. The Kier molecular flexibility index (Phi) is 2.48. The molecule has 0 bridgehead atoms. The summed E-state index contributed by atoms with van der Waals surface area (Å²) < 4.78 is 5.22. The van der Waals surface area contributed by atoms with Crippen LogP contribution >= 0.6 is 0 Å². The van der Waals surface area contributed by atoms with E-state index in [0.717, 1.165) is 32.9 Å². The largest absolute Gasteiger partial charge is 0.497 e. The predicted molar refractivity (Wildman–Crippen MR) is 86.1 cm³/mol. The van der Waals surface area contributed by atoms with Gasteiger partial charge in [-0.05, 0) is 29.0 Å². The van der Waals surface area contributed by atoms with Gasteiger partial charge >= 0.3 is 0 Å². The molecule has 4 aromatic rings. The smallest absolute Gasteiger partial charge is 0.197 e. The van der Waals surface area contributed by atoms with Crippen LogP contribution in [-0.2, 0) is 0 Å². The summed E-state index contributed by atoms with van der Waals surface area (Å²) in [5.41, 5.74) is 1.69. The molecule has 0 amide bonds. The van der Waals surface area contributed by atoms with Crippen LogP contribution in [-0.4, -0.2) is 12.1 Å². The lowest BCUT2D eigenvalue weighted by Gasteiger charge is -2.07. The molecule has 0 saturated carbocycles. The summed E-state index contributed by atoms with van der Waals surface area (Å²) in [6.45, 7) is 0. The van der Waals surface area contributed by atoms with E-state index < -0.39 is 0 Å². The third kappa shape index (κ3) is 1.71. The molecule has 0 fully saturated rings. The maximum Gasteiger partial charge on any atom is 0.197 e. The van der Waals surface area contributed by atoms with E-state index in [4.69, 9.17) is 4.74 Å². The summed E-state index contributed by atoms with van der Waals surface area (Å²) >= 11 is 0. The van der Waals surface area contributed by atoms with E-state index in [1.807, 2.05) is 54.6 Å². The zero-order chi connectivity index (χ0) is 14.4. The van der Waals surface area contributed by atoms with Gasteiger partial charge < -0.3 is 9.72 Å². The summed E-state index contributed by atoms with van der Waals surface area (Å²) in [6, 6.07) is 17.4. The number of nitrogens with one attached hydrogen (secondary N) is 1. The minimum Gasteiger partial charge on any atom is -0.497 e. The van der Waals surface area contributed by atoms with Crippen molar-refractivity contribution in [2.24, 2.45) is 0 Å². The van der Waals surface area contributed by atoms with E-state index >= 15 is 0 Å². The standard InChI is InChI=1S/C18H13NO2/c1-21-12-7-8-14-16(10-12)19-15-9-6-11-4-2-3-5-13(11)17(15)18(14)20/h2-10H,1H3,(H,19,20). The number of aromatic amines is 1. The second-order valence-corrected chi connectivity index (χ2v) is 5.07. The van der Waals surface area contributed by atoms with Gasteiger partial charge in [0.15, 0.2) is 5.43 Å². The SMILES string of the molecule is COc1ccc2c(=O)c3c(ccc4ccccc43)[nH]c2c1. The van der Waals surface area contributed by atoms with Crippen LogP contribution in [0.2, 0.25) is 0 Å². The highest BCUT2D eigenvalue weighted by Crippen LogP contribution is 2.25. The van der Waals surface area contributed by atoms with Crippen LogP contribution in [0, 0.1) is 0 Å². The third-order valence-corrected chi connectivity index (χ3v) is 3.90. The van der Waals surface area contributed by atoms with Crippen LogP contribution in [0.3, 0.4) is 0 Å². The van der Waals surface area contributed by atoms with Gasteiger partial charge in [0, 0.05) is 11.5 Å². The van der Waals surface area contributed by atoms with E-state index in [0.29, 0.717) is 5.39 Å². The first-order valence-electron chi connectivity index (χ1n) is 6.79. The molecule has 3 heteroatoms. The number of pyridine rings is 1. The Labute approximate surface area is 120 Å². The molecule has 1 heterocycles. The Morgan fingerprint density at radius 2 is 1.76 bits per heavy atom. The lowest BCUT2D eigenvalue weighted by Crippen LogP contribution is -2.04. The number of hydrogen-bond donors (Lipinski definition) is 1. The highest BCUT2D eigenvalue weighted by atomic mass is 16.5. The molecule has 1 N–H and O–H groups in total. The molecule has 0 saturated heterocycles. The molecule has 0 spiro atoms. The van der Waals surface area contributed by atoms with Gasteiger partial charge in [-0.3, -0.25) is 4.79 Å².